The molecule has 0 bridgehead atoms. The van der Waals surface area contributed by atoms with Crippen molar-refractivity contribution in [2.45, 2.75) is 62.2 Å². The number of benzene rings is 2. The normalized spacial score (nSPS) is 11.7. The van der Waals surface area contributed by atoms with E-state index < -0.39 is 17.7 Å². The highest BCUT2D eigenvalue weighted by Crippen LogP contribution is 2.36. The number of thioether (sulfide) groups is 2. The molecule has 17 nitrogen and oxygen atoms in total. The fourth-order valence-corrected chi connectivity index (χ4v) is 6.54. The number of nitrogens with two attached hydrogens (primary N) is 6. The molecule has 0 aromatic heterocycles. The zero-order valence-electron chi connectivity index (χ0n) is 31.4. The SMILES string of the molecule is CC=N/C(=C\C(C)C(=O)Nc1cccc(NC(=O)CCCCN=C(N)N)c1SCCN)C(=O)Nc1cccc(NC(=O)CCCCN=C(N)N)c1SCCN. The summed E-state index contributed by atoms with van der Waals surface area (Å²) in [4.78, 5) is 66.1. The second kappa shape index (κ2) is 25.8. The molecule has 2 aromatic rings. The smallest absolute Gasteiger partial charge is 0.273 e. The van der Waals surface area contributed by atoms with Crippen LogP contribution in [0.25, 0.3) is 0 Å². The van der Waals surface area contributed by atoms with Crippen LogP contribution in [-0.4, -0.2) is 79.4 Å². The third-order valence-corrected chi connectivity index (χ3v) is 9.68. The van der Waals surface area contributed by atoms with E-state index in [1.54, 1.807) is 50.2 Å². The second-order valence-corrected chi connectivity index (χ2v) is 14.1. The van der Waals surface area contributed by atoms with Gasteiger partial charge in [-0.1, -0.05) is 12.1 Å². The van der Waals surface area contributed by atoms with Crippen LogP contribution in [0, 0.1) is 5.92 Å². The Morgan fingerprint density at radius 3 is 1.55 bits per heavy atom. The van der Waals surface area contributed by atoms with Crippen molar-refractivity contribution in [1.82, 2.24) is 0 Å². The number of hydrogen-bond acceptors (Lipinski definition) is 11. The van der Waals surface area contributed by atoms with Gasteiger partial charge in [0, 0.05) is 56.7 Å². The van der Waals surface area contributed by atoms with E-state index in [0.29, 0.717) is 95.9 Å². The Bertz CT molecular complexity index is 1710. The number of anilines is 4. The van der Waals surface area contributed by atoms with Gasteiger partial charge < -0.3 is 55.7 Å². The lowest BCUT2D eigenvalue weighted by Crippen LogP contribution is -2.23. The van der Waals surface area contributed by atoms with Crippen LogP contribution in [0.4, 0.5) is 22.7 Å². The number of amides is 4. The molecule has 1 unspecified atom stereocenters. The summed E-state index contributed by atoms with van der Waals surface area (Å²) in [6.45, 7) is 4.91. The van der Waals surface area contributed by atoms with Crippen molar-refractivity contribution in [2.24, 2.45) is 55.3 Å². The summed E-state index contributed by atoms with van der Waals surface area (Å²) >= 11 is 2.78. The number of guanidine groups is 2. The number of nitrogens with zero attached hydrogens (tertiary/aromatic N) is 3. The maximum absolute atomic E-state index is 13.6. The fraction of sp³-hybridized carbons (Fsp3) is 0.417. The second-order valence-electron chi connectivity index (χ2n) is 11.9. The van der Waals surface area contributed by atoms with Crippen molar-refractivity contribution in [2.75, 3.05) is 59.0 Å². The van der Waals surface area contributed by atoms with Gasteiger partial charge in [0.15, 0.2) is 11.9 Å². The molecule has 4 amide bonds. The third-order valence-electron chi connectivity index (χ3n) is 7.35. The molecule has 300 valence electrons. The molecular formula is C36H55N13O4S2. The van der Waals surface area contributed by atoms with E-state index in [4.69, 9.17) is 34.4 Å². The van der Waals surface area contributed by atoms with E-state index in [-0.39, 0.29) is 42.3 Å². The topological polar surface area (TPSA) is 310 Å². The van der Waals surface area contributed by atoms with Gasteiger partial charge in [-0.15, -0.1) is 23.5 Å². The predicted molar refractivity (Wildman–Crippen MR) is 227 cm³/mol. The Morgan fingerprint density at radius 2 is 1.13 bits per heavy atom. The van der Waals surface area contributed by atoms with Gasteiger partial charge in [-0.2, -0.15) is 0 Å². The van der Waals surface area contributed by atoms with Gasteiger partial charge in [-0.3, -0.25) is 34.2 Å². The molecule has 0 spiro atoms. The minimum atomic E-state index is -0.802. The van der Waals surface area contributed by atoms with Crippen molar-refractivity contribution < 1.29 is 19.2 Å². The molecule has 2 rings (SSSR count). The van der Waals surface area contributed by atoms with E-state index in [9.17, 15) is 19.2 Å². The number of carbonyl (C=O) groups is 4. The van der Waals surface area contributed by atoms with Crippen LogP contribution in [-0.2, 0) is 19.2 Å². The number of aliphatic imine (C=N–C) groups is 3. The molecule has 0 aliphatic carbocycles. The highest BCUT2D eigenvalue weighted by molar-refractivity contribution is 7.99. The maximum atomic E-state index is 13.6. The highest BCUT2D eigenvalue weighted by Gasteiger charge is 2.20. The first kappa shape index (κ1) is 46.0. The van der Waals surface area contributed by atoms with Gasteiger partial charge in [0.2, 0.25) is 17.7 Å². The molecule has 0 aliphatic heterocycles. The molecule has 1 atom stereocenters. The lowest BCUT2D eigenvalue weighted by molar-refractivity contribution is -0.118. The minimum absolute atomic E-state index is 0.00637. The average Bonchev–Trinajstić information content (AvgIpc) is 3.13. The predicted octanol–water partition coefficient (Wildman–Crippen LogP) is 2.74. The molecule has 0 radical (unpaired) electrons. The molecular weight excluding hydrogens is 743 g/mol. The van der Waals surface area contributed by atoms with Crippen LogP contribution in [0.3, 0.4) is 0 Å². The van der Waals surface area contributed by atoms with Gasteiger partial charge in [-0.05, 0) is 69.9 Å². The number of carbonyl (C=O) groups excluding carboxylic acids is 4. The molecule has 0 heterocycles. The molecule has 16 N–H and O–H groups in total. The fourth-order valence-electron chi connectivity index (χ4n) is 4.80. The Labute approximate surface area is 330 Å². The molecule has 2 aromatic carbocycles. The molecule has 0 saturated heterocycles. The van der Waals surface area contributed by atoms with Crippen molar-refractivity contribution in [3.8, 4) is 0 Å². The number of unbranched alkanes of at least 4 members (excludes halogenated alkanes) is 2. The van der Waals surface area contributed by atoms with Crippen LogP contribution >= 0.6 is 23.5 Å². The Balaban J connectivity index is 2.23. The van der Waals surface area contributed by atoms with E-state index in [1.165, 1.54) is 35.8 Å². The summed E-state index contributed by atoms with van der Waals surface area (Å²) in [7, 11) is 0. The van der Waals surface area contributed by atoms with Gasteiger partial charge in [-0.25, -0.2) is 0 Å². The summed E-state index contributed by atoms with van der Waals surface area (Å²) < 4.78 is 0. The van der Waals surface area contributed by atoms with E-state index in [1.807, 2.05) is 0 Å². The Kier molecular flexibility index (Phi) is 21.6. The first-order valence-corrected chi connectivity index (χ1v) is 19.8. The van der Waals surface area contributed by atoms with Crippen molar-refractivity contribution in [1.29, 1.82) is 0 Å². The lowest BCUT2D eigenvalue weighted by atomic mass is 10.1. The first-order valence-electron chi connectivity index (χ1n) is 17.8. The van der Waals surface area contributed by atoms with Gasteiger partial charge in [0.1, 0.15) is 5.70 Å². The third kappa shape index (κ3) is 17.7. The van der Waals surface area contributed by atoms with Crippen LogP contribution in [0.1, 0.15) is 52.4 Å². The standard InChI is InChI=1S/C36H55N13O4S2/c1-3-43-28(34(53)49-27-13-9-11-25(32(27)55-21-17-38)47-30(51)15-5-7-19-45-36(41)42)22-23(2)33(52)48-26-12-8-10-24(31(26)54-20-16-37)46-29(50)14-4-6-18-44-35(39)40/h3,8-13,22-23H,4-7,14-21,37-38H2,1-2H3,(H,46,50)(H,47,51)(H,48,52)(H,49,53)(H4,39,40,44)(H4,41,42,45)/b28-22-,43-3?. The summed E-state index contributed by atoms with van der Waals surface area (Å²) in [6.07, 6.45) is 5.89. The van der Waals surface area contributed by atoms with Crippen LogP contribution in [0.2, 0.25) is 0 Å². The number of rotatable bonds is 24. The zero-order valence-corrected chi connectivity index (χ0v) is 33.1. The minimum Gasteiger partial charge on any atom is -0.370 e. The average molecular weight is 798 g/mol. The summed E-state index contributed by atoms with van der Waals surface area (Å²) in [6, 6.07) is 10.4. The summed E-state index contributed by atoms with van der Waals surface area (Å²) in [5.41, 5.74) is 35.0. The molecule has 0 fully saturated rings. The first-order chi connectivity index (χ1) is 26.4. The van der Waals surface area contributed by atoms with Crippen molar-refractivity contribution in [3.05, 3.63) is 48.2 Å². The van der Waals surface area contributed by atoms with Gasteiger partial charge in [0.05, 0.1) is 38.5 Å². The highest BCUT2D eigenvalue weighted by atomic mass is 32.2. The molecule has 55 heavy (non-hydrogen) atoms. The van der Waals surface area contributed by atoms with Crippen molar-refractivity contribution >= 4 is 88.0 Å². The Hall–Kier alpha value is -5.11. The lowest BCUT2D eigenvalue weighted by Gasteiger charge is -2.18. The van der Waals surface area contributed by atoms with Crippen LogP contribution in [0.5, 0.6) is 0 Å². The van der Waals surface area contributed by atoms with Crippen LogP contribution < -0.4 is 55.7 Å². The van der Waals surface area contributed by atoms with Crippen LogP contribution in [0.15, 0.2) is 72.9 Å². The number of hydrogen-bond donors (Lipinski definition) is 10. The van der Waals surface area contributed by atoms with E-state index >= 15 is 0 Å². The monoisotopic (exact) mass is 797 g/mol. The number of nitrogens with one attached hydrogen (secondary N) is 4. The van der Waals surface area contributed by atoms with Gasteiger partial charge in [0.25, 0.3) is 5.91 Å². The molecule has 0 saturated carbocycles. The molecule has 0 aliphatic rings. The largest absolute Gasteiger partial charge is 0.370 e. The summed E-state index contributed by atoms with van der Waals surface area (Å²) in [5.74, 6) is -1.08. The zero-order chi connectivity index (χ0) is 40.6. The van der Waals surface area contributed by atoms with E-state index in [0.717, 1.165) is 0 Å². The molecule has 19 heteroatoms. The summed E-state index contributed by atoms with van der Waals surface area (Å²) in [5, 5.41) is 11.7. The Morgan fingerprint density at radius 1 is 0.691 bits per heavy atom. The maximum Gasteiger partial charge on any atom is 0.273 e. The van der Waals surface area contributed by atoms with Crippen molar-refractivity contribution in [3.63, 3.8) is 0 Å². The quantitative estimate of drug-likeness (QED) is 0.0241. The van der Waals surface area contributed by atoms with E-state index in [2.05, 4.69) is 36.2 Å². The van der Waals surface area contributed by atoms with Gasteiger partial charge >= 0.3 is 0 Å².